The first kappa shape index (κ1) is 10.1. The Balaban J connectivity index is 2.29. The highest BCUT2D eigenvalue weighted by atomic mass is 16.5. The van der Waals surface area contributed by atoms with Crippen molar-refractivity contribution in [3.05, 3.63) is 0 Å². The third-order valence-electron chi connectivity index (χ3n) is 2.83. The number of carbonyl (C=O) groups is 2. The van der Waals surface area contributed by atoms with Gasteiger partial charge >= 0.3 is 11.9 Å². The summed E-state index contributed by atoms with van der Waals surface area (Å²) in [5, 5.41) is 17.7. The molecule has 0 aromatic rings. The van der Waals surface area contributed by atoms with E-state index in [2.05, 4.69) is 4.99 Å². The molecule has 82 valence electrons. The number of aliphatic imine (C=N–C) groups is 1. The largest absolute Gasteiger partial charge is 0.481 e. The molecule has 1 saturated heterocycles. The van der Waals surface area contributed by atoms with E-state index >= 15 is 0 Å². The highest BCUT2D eigenvalue weighted by Crippen LogP contribution is 2.33. The smallest absolute Gasteiger partial charge is 0.350 e. The lowest BCUT2D eigenvalue weighted by Gasteiger charge is -2.25. The van der Waals surface area contributed by atoms with E-state index in [1.165, 1.54) is 0 Å². The Bertz CT molecular complexity index is 337. The Morgan fingerprint density at radius 1 is 1.40 bits per heavy atom. The SMILES string of the molecule is O=C(O)C1=NC2OCCC2CC1C(=O)O. The molecule has 0 aliphatic carbocycles. The lowest BCUT2D eigenvalue weighted by molar-refractivity contribution is -0.142. The van der Waals surface area contributed by atoms with Crippen LogP contribution in [0.5, 0.6) is 0 Å². The molecular weight excluding hydrogens is 202 g/mol. The van der Waals surface area contributed by atoms with Gasteiger partial charge in [-0.05, 0) is 12.8 Å². The number of hydrogen-bond acceptors (Lipinski definition) is 4. The summed E-state index contributed by atoms with van der Waals surface area (Å²) in [6.45, 7) is 0.526. The van der Waals surface area contributed by atoms with Gasteiger partial charge in [0.2, 0.25) is 0 Å². The molecule has 15 heavy (non-hydrogen) atoms. The van der Waals surface area contributed by atoms with E-state index in [1.54, 1.807) is 0 Å². The zero-order valence-corrected chi connectivity index (χ0v) is 7.92. The van der Waals surface area contributed by atoms with Gasteiger partial charge in [-0.15, -0.1) is 0 Å². The predicted octanol–water partition coefficient (Wildman–Crippen LogP) is -0.0209. The van der Waals surface area contributed by atoms with Crippen molar-refractivity contribution in [2.45, 2.75) is 19.1 Å². The van der Waals surface area contributed by atoms with Crippen LogP contribution in [0.25, 0.3) is 0 Å². The van der Waals surface area contributed by atoms with Gasteiger partial charge < -0.3 is 14.9 Å². The molecule has 0 aromatic heterocycles. The summed E-state index contributed by atoms with van der Waals surface area (Å²) in [4.78, 5) is 25.5. The van der Waals surface area contributed by atoms with Crippen LogP contribution >= 0.6 is 0 Å². The first-order valence-corrected chi connectivity index (χ1v) is 4.75. The van der Waals surface area contributed by atoms with Gasteiger partial charge in [-0.2, -0.15) is 0 Å². The summed E-state index contributed by atoms with van der Waals surface area (Å²) in [5.74, 6) is -3.34. The highest BCUT2D eigenvalue weighted by molar-refractivity contribution is 6.39. The van der Waals surface area contributed by atoms with Crippen molar-refractivity contribution >= 4 is 17.7 Å². The maximum atomic E-state index is 10.9. The number of rotatable bonds is 2. The van der Waals surface area contributed by atoms with E-state index in [4.69, 9.17) is 14.9 Å². The van der Waals surface area contributed by atoms with Gasteiger partial charge in [0, 0.05) is 12.5 Å². The number of ether oxygens (including phenoxy) is 1. The van der Waals surface area contributed by atoms with E-state index in [-0.39, 0.29) is 11.6 Å². The number of nitrogens with zero attached hydrogens (tertiary/aromatic N) is 1. The van der Waals surface area contributed by atoms with Gasteiger partial charge in [0.1, 0.15) is 11.6 Å². The molecule has 3 atom stereocenters. The second-order valence-electron chi connectivity index (χ2n) is 3.76. The molecule has 1 fully saturated rings. The Kier molecular flexibility index (Phi) is 2.44. The van der Waals surface area contributed by atoms with Crippen molar-refractivity contribution in [2.75, 3.05) is 6.61 Å². The minimum atomic E-state index is -1.27. The molecular formula is C9H11NO5. The number of aliphatic carboxylic acids is 2. The van der Waals surface area contributed by atoms with Gasteiger partial charge in [0.25, 0.3) is 0 Å². The van der Waals surface area contributed by atoms with Crippen molar-refractivity contribution in [2.24, 2.45) is 16.8 Å². The topological polar surface area (TPSA) is 96.2 Å². The lowest BCUT2D eigenvalue weighted by Crippen LogP contribution is -2.38. The third-order valence-corrected chi connectivity index (χ3v) is 2.83. The lowest BCUT2D eigenvalue weighted by atomic mass is 9.86. The average molecular weight is 213 g/mol. The highest BCUT2D eigenvalue weighted by Gasteiger charge is 2.41. The molecule has 0 radical (unpaired) electrons. The Labute approximate surface area is 85.6 Å². The van der Waals surface area contributed by atoms with Crippen LogP contribution in [0.1, 0.15) is 12.8 Å². The normalized spacial score (nSPS) is 34.4. The number of carboxylic acid groups (broad SMARTS) is 2. The quantitative estimate of drug-likeness (QED) is 0.671. The first-order chi connectivity index (χ1) is 7.09. The monoisotopic (exact) mass is 213 g/mol. The minimum absolute atomic E-state index is 0.0502. The van der Waals surface area contributed by atoms with Crippen molar-refractivity contribution in [3.63, 3.8) is 0 Å². The molecule has 2 heterocycles. The summed E-state index contributed by atoms with van der Waals surface area (Å²) in [5.41, 5.74) is -0.286. The molecule has 3 unspecified atom stereocenters. The van der Waals surface area contributed by atoms with Crippen LogP contribution in [0.15, 0.2) is 4.99 Å². The minimum Gasteiger partial charge on any atom is -0.481 e. The molecule has 2 aliphatic heterocycles. The van der Waals surface area contributed by atoms with Crippen LogP contribution in [-0.4, -0.2) is 40.7 Å². The third kappa shape index (κ3) is 1.72. The van der Waals surface area contributed by atoms with E-state index < -0.39 is 24.1 Å². The maximum Gasteiger partial charge on any atom is 0.350 e. The van der Waals surface area contributed by atoms with Crippen LogP contribution in [0.2, 0.25) is 0 Å². The zero-order chi connectivity index (χ0) is 11.0. The van der Waals surface area contributed by atoms with Crippen LogP contribution in [0, 0.1) is 11.8 Å². The second-order valence-corrected chi connectivity index (χ2v) is 3.76. The fourth-order valence-corrected chi connectivity index (χ4v) is 2.06. The molecule has 2 N–H and O–H groups in total. The summed E-state index contributed by atoms with van der Waals surface area (Å²) >= 11 is 0. The molecule has 0 saturated carbocycles. The van der Waals surface area contributed by atoms with E-state index in [1.807, 2.05) is 0 Å². The number of fused-ring (bicyclic) bond motifs is 1. The van der Waals surface area contributed by atoms with Crippen LogP contribution in [0.3, 0.4) is 0 Å². The van der Waals surface area contributed by atoms with Gasteiger partial charge in [-0.25, -0.2) is 9.79 Å². The summed E-state index contributed by atoms with van der Waals surface area (Å²) in [6, 6.07) is 0. The van der Waals surface area contributed by atoms with Crippen molar-refractivity contribution in [1.82, 2.24) is 0 Å². The maximum absolute atomic E-state index is 10.9. The second kappa shape index (κ2) is 3.62. The van der Waals surface area contributed by atoms with Crippen LogP contribution in [0.4, 0.5) is 0 Å². The summed E-state index contributed by atoms with van der Waals surface area (Å²) in [7, 11) is 0. The Morgan fingerprint density at radius 2 is 2.13 bits per heavy atom. The average Bonchev–Trinajstić information content (AvgIpc) is 2.61. The fourth-order valence-electron chi connectivity index (χ4n) is 2.06. The van der Waals surface area contributed by atoms with Crippen molar-refractivity contribution < 1.29 is 24.5 Å². The van der Waals surface area contributed by atoms with Crippen molar-refractivity contribution in [1.29, 1.82) is 0 Å². The van der Waals surface area contributed by atoms with E-state index in [0.717, 1.165) is 6.42 Å². The van der Waals surface area contributed by atoms with Crippen LogP contribution < -0.4 is 0 Å². The standard InChI is InChI=1S/C9H11NO5/c11-8(12)5-3-4-1-2-15-7(4)10-6(5)9(13)14/h4-5,7H,1-3H2,(H,11,12)(H,13,14). The molecule has 2 aliphatic rings. The molecule has 0 amide bonds. The molecule has 0 bridgehead atoms. The zero-order valence-electron chi connectivity index (χ0n) is 7.92. The molecule has 0 aromatic carbocycles. The summed E-state index contributed by atoms with van der Waals surface area (Å²) in [6.07, 6.45) is 0.613. The number of carboxylic acids is 2. The Hall–Kier alpha value is -1.43. The van der Waals surface area contributed by atoms with Gasteiger partial charge in [0.05, 0.1) is 0 Å². The van der Waals surface area contributed by atoms with Gasteiger partial charge in [0.15, 0.2) is 6.23 Å². The number of hydrogen-bond donors (Lipinski definition) is 2. The predicted molar refractivity (Wildman–Crippen MR) is 48.7 cm³/mol. The Morgan fingerprint density at radius 3 is 2.73 bits per heavy atom. The molecule has 6 nitrogen and oxygen atoms in total. The van der Waals surface area contributed by atoms with Crippen LogP contribution in [-0.2, 0) is 14.3 Å². The van der Waals surface area contributed by atoms with E-state index in [0.29, 0.717) is 13.0 Å². The fraction of sp³-hybridized carbons (Fsp3) is 0.667. The van der Waals surface area contributed by atoms with Gasteiger partial charge in [-0.3, -0.25) is 4.79 Å². The molecule has 2 rings (SSSR count). The molecule has 0 spiro atoms. The van der Waals surface area contributed by atoms with Crippen molar-refractivity contribution in [3.8, 4) is 0 Å². The summed E-state index contributed by atoms with van der Waals surface area (Å²) < 4.78 is 5.22. The first-order valence-electron chi connectivity index (χ1n) is 4.75. The van der Waals surface area contributed by atoms with Gasteiger partial charge in [-0.1, -0.05) is 0 Å². The van der Waals surface area contributed by atoms with E-state index in [9.17, 15) is 9.59 Å². The molecule has 6 heteroatoms.